The van der Waals surface area contributed by atoms with Crippen molar-refractivity contribution in [3.8, 4) is 0 Å². The molecule has 1 saturated heterocycles. The number of carbonyl (C=O) groups excluding carboxylic acids is 1. The highest BCUT2D eigenvalue weighted by molar-refractivity contribution is 6.30. The minimum Gasteiger partial charge on any atom is -0.335 e. The molecule has 4 heteroatoms. The first-order valence-electron chi connectivity index (χ1n) is 7.96. The molecular weight excluding hydrogens is 284 g/mol. The molecule has 2 aliphatic rings. The van der Waals surface area contributed by atoms with Crippen LogP contribution in [0.3, 0.4) is 0 Å². The molecule has 1 aromatic carbocycles. The van der Waals surface area contributed by atoms with Gasteiger partial charge in [-0.05, 0) is 55.8 Å². The predicted octanol–water partition coefficient (Wildman–Crippen LogP) is 3.38. The lowest BCUT2D eigenvalue weighted by atomic mass is 9.94. The lowest BCUT2D eigenvalue weighted by Gasteiger charge is -2.30. The topological polar surface area (TPSA) is 46.3 Å². The molecule has 1 aliphatic heterocycles. The van der Waals surface area contributed by atoms with Crippen molar-refractivity contribution in [1.82, 2.24) is 4.90 Å². The number of halogens is 1. The summed E-state index contributed by atoms with van der Waals surface area (Å²) in [6.07, 6.45) is 5.34. The summed E-state index contributed by atoms with van der Waals surface area (Å²) in [6, 6.07) is 8.12. The van der Waals surface area contributed by atoms with Gasteiger partial charge in [0.05, 0.1) is 6.04 Å². The quantitative estimate of drug-likeness (QED) is 0.930. The average Bonchev–Trinajstić information content (AvgIpc) is 3.15. The van der Waals surface area contributed by atoms with Crippen molar-refractivity contribution in [3.63, 3.8) is 0 Å². The Hall–Kier alpha value is -1.06. The van der Waals surface area contributed by atoms with Crippen molar-refractivity contribution in [2.75, 3.05) is 13.1 Å². The van der Waals surface area contributed by atoms with Crippen molar-refractivity contribution < 1.29 is 4.79 Å². The molecule has 0 aromatic heterocycles. The van der Waals surface area contributed by atoms with E-state index in [1.54, 1.807) is 0 Å². The van der Waals surface area contributed by atoms with Crippen LogP contribution in [0.5, 0.6) is 0 Å². The van der Waals surface area contributed by atoms with Crippen LogP contribution in [0.25, 0.3) is 0 Å². The molecule has 0 radical (unpaired) electrons. The summed E-state index contributed by atoms with van der Waals surface area (Å²) in [5.41, 5.74) is 7.00. The van der Waals surface area contributed by atoms with Crippen LogP contribution in [0.1, 0.15) is 43.7 Å². The van der Waals surface area contributed by atoms with Gasteiger partial charge in [-0.2, -0.15) is 0 Å². The highest BCUT2D eigenvalue weighted by Gasteiger charge is 2.39. The van der Waals surface area contributed by atoms with Gasteiger partial charge in [0.15, 0.2) is 0 Å². The van der Waals surface area contributed by atoms with Gasteiger partial charge >= 0.3 is 0 Å². The molecular formula is C17H23ClN2O. The van der Waals surface area contributed by atoms with E-state index in [-0.39, 0.29) is 12.0 Å². The van der Waals surface area contributed by atoms with Crippen LogP contribution >= 0.6 is 11.6 Å². The van der Waals surface area contributed by atoms with Gasteiger partial charge in [0.2, 0.25) is 5.91 Å². The minimum absolute atomic E-state index is 0.134. The SMILES string of the molecule is NCC1CCCC1C(=O)N1CCCC1c1cccc(Cl)c1. The van der Waals surface area contributed by atoms with E-state index in [4.69, 9.17) is 17.3 Å². The molecule has 3 unspecified atom stereocenters. The Morgan fingerprint density at radius 1 is 1.29 bits per heavy atom. The molecule has 2 N–H and O–H groups in total. The third-order valence-corrected chi connectivity index (χ3v) is 5.28. The fourth-order valence-corrected chi connectivity index (χ4v) is 4.15. The zero-order chi connectivity index (χ0) is 14.8. The average molecular weight is 307 g/mol. The standard InChI is InChI=1S/C17H23ClN2O/c18-14-6-1-4-12(10-14)16-8-3-9-20(16)17(21)15-7-2-5-13(15)11-19/h1,4,6,10,13,15-16H,2-3,5,7-9,11,19H2. The van der Waals surface area contributed by atoms with Crippen molar-refractivity contribution >= 4 is 17.5 Å². The van der Waals surface area contributed by atoms with E-state index in [0.29, 0.717) is 18.4 Å². The molecule has 114 valence electrons. The van der Waals surface area contributed by atoms with Gasteiger partial charge in [0.1, 0.15) is 0 Å². The second-order valence-corrected chi connectivity index (χ2v) is 6.71. The lowest BCUT2D eigenvalue weighted by Crippen LogP contribution is -2.38. The largest absolute Gasteiger partial charge is 0.335 e. The molecule has 2 fully saturated rings. The van der Waals surface area contributed by atoms with Crippen molar-refractivity contribution in [1.29, 1.82) is 0 Å². The second-order valence-electron chi connectivity index (χ2n) is 6.28. The molecule has 0 spiro atoms. The van der Waals surface area contributed by atoms with Crippen LogP contribution in [0, 0.1) is 11.8 Å². The molecule has 0 bridgehead atoms. The number of rotatable bonds is 3. The Labute approximate surface area is 131 Å². The molecule has 1 saturated carbocycles. The van der Waals surface area contributed by atoms with Crippen molar-refractivity contribution in [2.45, 2.75) is 38.1 Å². The Morgan fingerprint density at radius 2 is 2.14 bits per heavy atom. The fraction of sp³-hybridized carbons (Fsp3) is 0.588. The summed E-state index contributed by atoms with van der Waals surface area (Å²) in [5.74, 6) is 0.818. The van der Waals surface area contributed by atoms with E-state index < -0.39 is 0 Å². The Balaban J connectivity index is 1.79. The lowest BCUT2D eigenvalue weighted by molar-refractivity contribution is -0.137. The van der Waals surface area contributed by atoms with Gasteiger partial charge in [0, 0.05) is 17.5 Å². The Kier molecular flexibility index (Phi) is 4.51. The predicted molar refractivity (Wildman–Crippen MR) is 85.0 cm³/mol. The van der Waals surface area contributed by atoms with Crippen molar-refractivity contribution in [3.05, 3.63) is 34.9 Å². The second kappa shape index (κ2) is 6.37. The van der Waals surface area contributed by atoms with Crippen LogP contribution < -0.4 is 5.73 Å². The molecule has 1 amide bonds. The van der Waals surface area contributed by atoms with Gasteiger partial charge < -0.3 is 10.6 Å². The third-order valence-electron chi connectivity index (χ3n) is 5.05. The zero-order valence-electron chi connectivity index (χ0n) is 12.3. The van der Waals surface area contributed by atoms with Gasteiger partial charge in [-0.1, -0.05) is 30.2 Å². The number of benzene rings is 1. The van der Waals surface area contributed by atoms with Crippen LogP contribution in [-0.4, -0.2) is 23.9 Å². The van der Waals surface area contributed by atoms with E-state index in [9.17, 15) is 4.79 Å². The number of likely N-dealkylation sites (tertiary alicyclic amines) is 1. The zero-order valence-corrected chi connectivity index (χ0v) is 13.1. The molecule has 21 heavy (non-hydrogen) atoms. The number of carbonyl (C=O) groups is 1. The molecule has 3 atom stereocenters. The first kappa shape index (κ1) is 14.9. The number of hydrogen-bond donors (Lipinski definition) is 1. The Bertz CT molecular complexity index is 519. The maximum absolute atomic E-state index is 12.9. The third kappa shape index (κ3) is 2.95. The molecule has 3 rings (SSSR count). The summed E-state index contributed by atoms with van der Waals surface area (Å²) in [5, 5.41) is 0.743. The van der Waals surface area contributed by atoms with E-state index in [1.165, 1.54) is 0 Å². The molecule has 1 aromatic rings. The van der Waals surface area contributed by atoms with Crippen LogP contribution in [0.15, 0.2) is 24.3 Å². The van der Waals surface area contributed by atoms with Crippen LogP contribution in [0.2, 0.25) is 5.02 Å². The first-order valence-corrected chi connectivity index (χ1v) is 8.34. The normalized spacial score (nSPS) is 29.0. The minimum atomic E-state index is 0.134. The van der Waals surface area contributed by atoms with E-state index in [1.807, 2.05) is 18.2 Å². The monoisotopic (exact) mass is 306 g/mol. The number of nitrogens with zero attached hydrogens (tertiary/aromatic N) is 1. The smallest absolute Gasteiger partial charge is 0.226 e. The maximum Gasteiger partial charge on any atom is 0.226 e. The summed E-state index contributed by atoms with van der Waals surface area (Å²) in [4.78, 5) is 15.0. The van der Waals surface area contributed by atoms with E-state index in [0.717, 1.165) is 49.2 Å². The van der Waals surface area contributed by atoms with Crippen LogP contribution in [0.4, 0.5) is 0 Å². The van der Waals surface area contributed by atoms with E-state index >= 15 is 0 Å². The molecule has 1 aliphatic carbocycles. The van der Waals surface area contributed by atoms with Gasteiger partial charge in [-0.3, -0.25) is 4.79 Å². The highest BCUT2D eigenvalue weighted by atomic mass is 35.5. The van der Waals surface area contributed by atoms with Crippen LogP contribution in [-0.2, 0) is 4.79 Å². The summed E-state index contributed by atoms with van der Waals surface area (Å²) >= 11 is 6.10. The molecule has 3 nitrogen and oxygen atoms in total. The fourth-order valence-electron chi connectivity index (χ4n) is 3.95. The number of amides is 1. The summed E-state index contributed by atoms with van der Waals surface area (Å²) in [6.45, 7) is 1.50. The molecule has 1 heterocycles. The van der Waals surface area contributed by atoms with Crippen molar-refractivity contribution in [2.24, 2.45) is 17.6 Å². The first-order chi connectivity index (χ1) is 10.2. The summed E-state index contributed by atoms with van der Waals surface area (Å²) in [7, 11) is 0. The van der Waals surface area contributed by atoms with E-state index in [2.05, 4.69) is 11.0 Å². The highest BCUT2D eigenvalue weighted by Crippen LogP contribution is 2.38. The maximum atomic E-state index is 12.9. The number of hydrogen-bond acceptors (Lipinski definition) is 2. The number of nitrogens with two attached hydrogens (primary N) is 1. The van der Waals surface area contributed by atoms with Gasteiger partial charge in [0.25, 0.3) is 0 Å². The summed E-state index contributed by atoms with van der Waals surface area (Å²) < 4.78 is 0. The van der Waals surface area contributed by atoms with Gasteiger partial charge in [-0.15, -0.1) is 0 Å². The Morgan fingerprint density at radius 3 is 2.90 bits per heavy atom. The van der Waals surface area contributed by atoms with Gasteiger partial charge in [-0.25, -0.2) is 0 Å².